The lowest BCUT2D eigenvalue weighted by molar-refractivity contribution is -0.123. The number of carbonyl (C=O) groups is 3. The summed E-state index contributed by atoms with van der Waals surface area (Å²) in [6, 6.07) is 4.38. The fourth-order valence-electron chi connectivity index (χ4n) is 6.28. The summed E-state index contributed by atoms with van der Waals surface area (Å²) in [6.45, 7) is 5.88. The zero-order chi connectivity index (χ0) is 28.0. The van der Waals surface area contributed by atoms with Crippen molar-refractivity contribution in [1.82, 2.24) is 10.3 Å². The summed E-state index contributed by atoms with van der Waals surface area (Å²) in [5.74, 6) is -2.90. The number of nitrogens with one attached hydrogen (secondary N) is 2. The highest BCUT2D eigenvalue weighted by Crippen LogP contribution is 2.57. The second-order valence-electron chi connectivity index (χ2n) is 10.7. The number of Topliss-reactive ketones (excluding diaryl/α,β-unsaturated/α-hetero) is 2. The maximum absolute atomic E-state index is 14.1. The Kier molecular flexibility index (Phi) is 5.30. The molecule has 1 aromatic heterocycles. The van der Waals surface area contributed by atoms with E-state index < -0.39 is 28.5 Å². The van der Waals surface area contributed by atoms with Crippen molar-refractivity contribution in [2.45, 2.75) is 58.4 Å². The summed E-state index contributed by atoms with van der Waals surface area (Å²) in [5, 5.41) is 25.7. The normalized spacial score (nSPS) is 23.1. The first-order valence-electron chi connectivity index (χ1n) is 12.8. The standard InChI is InChI=1S/C30H27FN2O6/c1-12-26(36)23(14(3)34)28-24(27(12)37)30(4)21(39-28)11-20(35)22(29(30)38)13(2)32-19-7-5-6-16-17-10-15(31)8-9-18(17)33-25(16)19/h8-11,19,32-33,36-37H,5-7H2,1-4H3/b22-13+/t19-,30+/m1/s1. The Balaban J connectivity index is 1.45. The number of allylic oxidation sites excluding steroid dienone is 4. The highest BCUT2D eigenvalue weighted by molar-refractivity contribution is 6.31. The zero-order valence-corrected chi connectivity index (χ0v) is 21.9. The largest absolute Gasteiger partial charge is 0.507 e. The number of rotatable bonds is 3. The van der Waals surface area contributed by atoms with E-state index >= 15 is 0 Å². The number of aryl methyl sites for hydroxylation is 1. The molecule has 0 fully saturated rings. The maximum atomic E-state index is 14.1. The number of carbonyl (C=O) groups excluding carboxylic acids is 3. The molecule has 4 N–H and O–H groups in total. The van der Waals surface area contributed by atoms with Crippen LogP contribution in [0, 0.1) is 12.7 Å². The van der Waals surface area contributed by atoms with Gasteiger partial charge in [0, 0.05) is 33.9 Å². The van der Waals surface area contributed by atoms with Crippen molar-refractivity contribution in [3.8, 4) is 17.2 Å². The molecule has 6 rings (SSSR count). The molecular weight excluding hydrogens is 503 g/mol. The van der Waals surface area contributed by atoms with Gasteiger partial charge in [-0.05, 0) is 70.7 Å². The van der Waals surface area contributed by atoms with Crippen LogP contribution in [0.5, 0.6) is 17.2 Å². The van der Waals surface area contributed by atoms with Gasteiger partial charge in [0.25, 0.3) is 0 Å². The van der Waals surface area contributed by atoms with Crippen LogP contribution in [0.4, 0.5) is 4.39 Å². The first kappa shape index (κ1) is 24.9. The molecule has 39 heavy (non-hydrogen) atoms. The van der Waals surface area contributed by atoms with Crippen molar-refractivity contribution in [3.05, 3.63) is 75.1 Å². The fourth-order valence-corrected chi connectivity index (χ4v) is 6.28. The van der Waals surface area contributed by atoms with E-state index in [1.165, 1.54) is 39.0 Å². The topological polar surface area (TPSA) is 129 Å². The SMILES string of the molecule is CC(=O)c1c(O)c(C)c(O)c2c1OC1=CC(=O)/C(=C(/C)N[C@@H]3CCCc4c3[nH]c3ccc(F)cc43)C(=O)[C@@]12C. The number of aromatic hydroxyl groups is 2. The Hall–Kier alpha value is -4.40. The molecular formula is C30H27FN2O6. The molecule has 3 aliphatic rings. The number of phenols is 2. The Morgan fingerprint density at radius 1 is 1.21 bits per heavy atom. The molecule has 0 unspecified atom stereocenters. The lowest BCUT2D eigenvalue weighted by Crippen LogP contribution is -2.41. The van der Waals surface area contributed by atoms with Gasteiger partial charge in [0.15, 0.2) is 17.3 Å². The quantitative estimate of drug-likeness (QED) is 0.216. The molecule has 0 spiro atoms. The Morgan fingerprint density at radius 2 is 1.95 bits per heavy atom. The van der Waals surface area contributed by atoms with Crippen molar-refractivity contribution < 1.29 is 33.7 Å². The number of ether oxygens (including phenoxy) is 1. The number of aromatic nitrogens is 1. The van der Waals surface area contributed by atoms with Gasteiger partial charge in [0.1, 0.15) is 39.8 Å². The van der Waals surface area contributed by atoms with E-state index in [1.54, 1.807) is 13.0 Å². The summed E-state index contributed by atoms with van der Waals surface area (Å²) >= 11 is 0. The van der Waals surface area contributed by atoms with E-state index in [-0.39, 0.29) is 51.4 Å². The molecule has 0 saturated carbocycles. The smallest absolute Gasteiger partial charge is 0.194 e. The summed E-state index contributed by atoms with van der Waals surface area (Å²) < 4.78 is 19.8. The van der Waals surface area contributed by atoms with Gasteiger partial charge in [-0.1, -0.05) is 0 Å². The molecule has 2 aromatic carbocycles. The van der Waals surface area contributed by atoms with Crippen molar-refractivity contribution >= 4 is 28.3 Å². The van der Waals surface area contributed by atoms with E-state index in [0.717, 1.165) is 41.4 Å². The molecule has 0 radical (unpaired) electrons. The minimum absolute atomic E-state index is 0.00977. The van der Waals surface area contributed by atoms with Crippen LogP contribution in [0.3, 0.4) is 0 Å². The number of hydrogen-bond donors (Lipinski definition) is 4. The maximum Gasteiger partial charge on any atom is 0.194 e. The number of phenolic OH excluding ortho intramolecular Hbond substituents is 2. The lowest BCUT2D eigenvalue weighted by Gasteiger charge is -2.30. The molecule has 0 bridgehead atoms. The number of halogens is 1. The van der Waals surface area contributed by atoms with Gasteiger partial charge in [-0.3, -0.25) is 14.4 Å². The van der Waals surface area contributed by atoms with Crippen LogP contribution < -0.4 is 10.1 Å². The van der Waals surface area contributed by atoms with Gasteiger partial charge in [0.05, 0.1) is 17.2 Å². The van der Waals surface area contributed by atoms with Crippen molar-refractivity contribution in [3.63, 3.8) is 0 Å². The van der Waals surface area contributed by atoms with Crippen LogP contribution in [-0.2, 0) is 21.4 Å². The third-order valence-corrected chi connectivity index (χ3v) is 8.32. The molecule has 0 saturated heterocycles. The summed E-state index contributed by atoms with van der Waals surface area (Å²) in [7, 11) is 0. The molecule has 9 heteroatoms. The van der Waals surface area contributed by atoms with Crippen LogP contribution in [0.25, 0.3) is 10.9 Å². The molecule has 1 aliphatic heterocycles. The van der Waals surface area contributed by atoms with E-state index in [1.807, 2.05) is 0 Å². The first-order chi connectivity index (χ1) is 18.4. The van der Waals surface area contributed by atoms with Gasteiger partial charge in [0.2, 0.25) is 0 Å². The van der Waals surface area contributed by atoms with E-state index in [4.69, 9.17) is 4.74 Å². The van der Waals surface area contributed by atoms with Crippen LogP contribution >= 0.6 is 0 Å². The van der Waals surface area contributed by atoms with Crippen LogP contribution in [0.1, 0.15) is 72.4 Å². The van der Waals surface area contributed by atoms with Gasteiger partial charge < -0.3 is 25.3 Å². The van der Waals surface area contributed by atoms with Gasteiger partial charge in [-0.2, -0.15) is 0 Å². The summed E-state index contributed by atoms with van der Waals surface area (Å²) in [6.07, 6.45) is 3.56. The Morgan fingerprint density at radius 3 is 2.67 bits per heavy atom. The highest BCUT2D eigenvalue weighted by Gasteiger charge is 2.56. The van der Waals surface area contributed by atoms with Crippen LogP contribution in [-0.4, -0.2) is 32.5 Å². The lowest BCUT2D eigenvalue weighted by atomic mass is 9.70. The third kappa shape index (κ3) is 3.32. The van der Waals surface area contributed by atoms with Gasteiger partial charge >= 0.3 is 0 Å². The zero-order valence-electron chi connectivity index (χ0n) is 21.9. The van der Waals surface area contributed by atoms with Gasteiger partial charge in [-0.25, -0.2) is 4.39 Å². The summed E-state index contributed by atoms with van der Waals surface area (Å²) in [5.41, 5.74) is 1.37. The van der Waals surface area contributed by atoms with Gasteiger partial charge in [-0.15, -0.1) is 0 Å². The molecule has 200 valence electrons. The number of benzene rings is 2. The number of H-pyrrole nitrogens is 1. The fraction of sp³-hybridized carbons (Fsp3) is 0.300. The van der Waals surface area contributed by atoms with E-state index in [2.05, 4.69) is 10.3 Å². The highest BCUT2D eigenvalue weighted by atomic mass is 19.1. The average Bonchev–Trinajstić information content (AvgIpc) is 3.39. The average molecular weight is 531 g/mol. The monoisotopic (exact) mass is 530 g/mol. The third-order valence-electron chi connectivity index (χ3n) is 8.32. The number of aromatic amines is 1. The number of fused-ring (bicyclic) bond motifs is 6. The number of ketones is 3. The molecule has 2 heterocycles. The molecule has 0 amide bonds. The molecule has 2 aliphatic carbocycles. The van der Waals surface area contributed by atoms with E-state index in [0.29, 0.717) is 5.70 Å². The summed E-state index contributed by atoms with van der Waals surface area (Å²) in [4.78, 5) is 43.1. The molecule has 8 nitrogen and oxygen atoms in total. The predicted molar refractivity (Wildman–Crippen MR) is 140 cm³/mol. The van der Waals surface area contributed by atoms with Crippen molar-refractivity contribution in [2.24, 2.45) is 0 Å². The Labute approximate surface area is 223 Å². The number of hydrogen-bond acceptors (Lipinski definition) is 7. The predicted octanol–water partition coefficient (Wildman–Crippen LogP) is 4.86. The Bertz CT molecular complexity index is 1730. The minimum Gasteiger partial charge on any atom is -0.507 e. The van der Waals surface area contributed by atoms with Crippen LogP contribution in [0.2, 0.25) is 0 Å². The van der Waals surface area contributed by atoms with Crippen molar-refractivity contribution in [1.29, 1.82) is 0 Å². The minimum atomic E-state index is -1.58. The molecule has 2 atom stereocenters. The first-order valence-corrected chi connectivity index (χ1v) is 12.8. The van der Waals surface area contributed by atoms with Crippen molar-refractivity contribution in [2.75, 3.05) is 0 Å². The van der Waals surface area contributed by atoms with E-state index in [9.17, 15) is 29.0 Å². The molecule has 3 aromatic rings. The van der Waals surface area contributed by atoms with Crippen LogP contribution in [0.15, 0.2) is 41.3 Å². The second kappa shape index (κ2) is 8.30. The second-order valence-corrected chi connectivity index (χ2v) is 10.7.